The van der Waals surface area contributed by atoms with Crippen molar-refractivity contribution in [1.29, 1.82) is 0 Å². The topological polar surface area (TPSA) is 12.0 Å². The molecule has 0 heterocycles. The number of hydrogen-bond acceptors (Lipinski definition) is 1. The fraction of sp³-hybridized carbons (Fsp3) is 0.625. The minimum absolute atomic E-state index is 0.171. The van der Waals surface area contributed by atoms with Gasteiger partial charge in [0.25, 0.3) is 0 Å². The molecule has 0 unspecified atom stereocenters. The van der Waals surface area contributed by atoms with Gasteiger partial charge in [-0.25, -0.2) is 8.78 Å². The molecule has 19 heavy (non-hydrogen) atoms. The first kappa shape index (κ1) is 16.1. The Morgan fingerprint density at radius 3 is 2.37 bits per heavy atom. The van der Waals surface area contributed by atoms with Gasteiger partial charge in [0.15, 0.2) is 0 Å². The van der Waals surface area contributed by atoms with E-state index >= 15 is 0 Å². The minimum atomic E-state index is -0.356. The van der Waals surface area contributed by atoms with Crippen molar-refractivity contribution in [1.82, 2.24) is 5.32 Å². The second-order valence-electron chi connectivity index (χ2n) is 6.08. The van der Waals surface area contributed by atoms with Gasteiger partial charge < -0.3 is 5.32 Å². The molecule has 0 saturated heterocycles. The maximum Gasteiger partial charge on any atom is 0.126 e. The highest BCUT2D eigenvalue weighted by molar-refractivity contribution is 5.18. The molecule has 1 nitrogen and oxygen atoms in total. The van der Waals surface area contributed by atoms with Gasteiger partial charge in [-0.05, 0) is 70.3 Å². The Morgan fingerprint density at radius 1 is 1.00 bits per heavy atom. The van der Waals surface area contributed by atoms with E-state index < -0.39 is 0 Å². The van der Waals surface area contributed by atoms with Crippen molar-refractivity contribution in [2.45, 2.75) is 58.4 Å². The summed E-state index contributed by atoms with van der Waals surface area (Å²) >= 11 is 0. The van der Waals surface area contributed by atoms with Crippen LogP contribution in [0.1, 0.15) is 52.0 Å². The summed E-state index contributed by atoms with van der Waals surface area (Å²) < 4.78 is 26.3. The smallest absolute Gasteiger partial charge is 0.126 e. The normalized spacial score (nSPS) is 11.8. The molecular weight excluding hydrogens is 244 g/mol. The van der Waals surface area contributed by atoms with Crippen LogP contribution in [0.5, 0.6) is 0 Å². The van der Waals surface area contributed by atoms with E-state index in [4.69, 9.17) is 0 Å². The van der Waals surface area contributed by atoms with Gasteiger partial charge >= 0.3 is 0 Å². The third-order valence-corrected chi connectivity index (χ3v) is 3.04. The molecule has 108 valence electrons. The minimum Gasteiger partial charge on any atom is -0.312 e. The second kappa shape index (κ2) is 7.59. The van der Waals surface area contributed by atoms with E-state index in [1.54, 1.807) is 0 Å². The van der Waals surface area contributed by atoms with Gasteiger partial charge in [0.05, 0.1) is 0 Å². The number of halogens is 2. The van der Waals surface area contributed by atoms with E-state index in [2.05, 4.69) is 26.1 Å². The van der Waals surface area contributed by atoms with Crippen LogP contribution in [0, 0.1) is 11.6 Å². The highest BCUT2D eigenvalue weighted by Crippen LogP contribution is 2.13. The van der Waals surface area contributed by atoms with Gasteiger partial charge in [-0.2, -0.15) is 0 Å². The standard InChI is InChI=1S/C16H25F2N/c1-16(2,3)19-11-7-5-4-6-8-13-12-14(17)9-10-15(13)18/h9-10,12,19H,4-8,11H2,1-3H3. The molecule has 0 bridgehead atoms. The molecule has 1 rings (SSSR count). The summed E-state index contributed by atoms with van der Waals surface area (Å²) in [6.07, 6.45) is 4.84. The summed E-state index contributed by atoms with van der Waals surface area (Å²) in [4.78, 5) is 0. The Morgan fingerprint density at radius 2 is 1.68 bits per heavy atom. The Kier molecular flexibility index (Phi) is 6.43. The molecule has 0 amide bonds. The van der Waals surface area contributed by atoms with Crippen molar-refractivity contribution >= 4 is 0 Å². The quantitative estimate of drug-likeness (QED) is 0.721. The summed E-state index contributed by atoms with van der Waals surface area (Å²) in [5.41, 5.74) is 0.665. The van der Waals surface area contributed by atoms with Crippen LogP contribution < -0.4 is 5.32 Å². The van der Waals surface area contributed by atoms with Crippen molar-refractivity contribution in [3.63, 3.8) is 0 Å². The summed E-state index contributed by atoms with van der Waals surface area (Å²) in [5.74, 6) is -0.651. The van der Waals surface area contributed by atoms with E-state index in [-0.39, 0.29) is 17.2 Å². The van der Waals surface area contributed by atoms with Gasteiger partial charge in [0.1, 0.15) is 11.6 Å². The maximum absolute atomic E-state index is 13.4. The average Bonchev–Trinajstić information content (AvgIpc) is 2.31. The van der Waals surface area contributed by atoms with Crippen molar-refractivity contribution in [3.8, 4) is 0 Å². The molecule has 0 aliphatic heterocycles. The van der Waals surface area contributed by atoms with E-state index in [9.17, 15) is 8.78 Å². The lowest BCUT2D eigenvalue weighted by Crippen LogP contribution is -2.36. The average molecular weight is 269 g/mol. The van der Waals surface area contributed by atoms with Crippen LogP contribution in [-0.2, 0) is 6.42 Å². The number of unbranched alkanes of at least 4 members (excludes halogenated alkanes) is 3. The summed E-state index contributed by atoms with van der Waals surface area (Å²) in [7, 11) is 0. The summed E-state index contributed by atoms with van der Waals surface area (Å²) in [6, 6.07) is 3.67. The molecule has 1 N–H and O–H groups in total. The van der Waals surface area contributed by atoms with Gasteiger partial charge in [-0.1, -0.05) is 12.8 Å². The highest BCUT2D eigenvalue weighted by atomic mass is 19.1. The van der Waals surface area contributed by atoms with E-state index in [1.807, 2.05) is 0 Å². The molecule has 1 aromatic rings. The van der Waals surface area contributed by atoms with Crippen LogP contribution in [-0.4, -0.2) is 12.1 Å². The number of hydrogen-bond donors (Lipinski definition) is 1. The van der Waals surface area contributed by atoms with E-state index in [1.165, 1.54) is 12.1 Å². The van der Waals surface area contributed by atoms with Crippen LogP contribution >= 0.6 is 0 Å². The molecule has 0 aliphatic carbocycles. The molecule has 0 aliphatic rings. The first-order valence-electron chi connectivity index (χ1n) is 7.07. The molecule has 0 fully saturated rings. The highest BCUT2D eigenvalue weighted by Gasteiger charge is 2.07. The lowest BCUT2D eigenvalue weighted by atomic mass is 10.0. The predicted octanol–water partition coefficient (Wildman–Crippen LogP) is 4.46. The number of aryl methyl sites for hydroxylation is 1. The lowest BCUT2D eigenvalue weighted by molar-refractivity contribution is 0.416. The molecule has 0 saturated carbocycles. The zero-order valence-electron chi connectivity index (χ0n) is 12.2. The van der Waals surface area contributed by atoms with Crippen molar-refractivity contribution in [2.24, 2.45) is 0 Å². The zero-order valence-corrected chi connectivity index (χ0v) is 12.2. The third-order valence-electron chi connectivity index (χ3n) is 3.04. The largest absolute Gasteiger partial charge is 0.312 e. The fourth-order valence-corrected chi connectivity index (χ4v) is 1.99. The van der Waals surface area contributed by atoms with Crippen LogP contribution in [0.25, 0.3) is 0 Å². The predicted molar refractivity (Wildman–Crippen MR) is 76.3 cm³/mol. The maximum atomic E-state index is 13.4. The number of benzene rings is 1. The van der Waals surface area contributed by atoms with Crippen molar-refractivity contribution in [3.05, 3.63) is 35.4 Å². The van der Waals surface area contributed by atoms with Gasteiger partial charge in [-0.15, -0.1) is 0 Å². The van der Waals surface area contributed by atoms with Gasteiger partial charge in [0.2, 0.25) is 0 Å². The number of rotatable bonds is 7. The SMILES string of the molecule is CC(C)(C)NCCCCCCc1cc(F)ccc1F. The van der Waals surface area contributed by atoms with Crippen LogP contribution in [0.4, 0.5) is 8.78 Å². The van der Waals surface area contributed by atoms with Crippen LogP contribution in [0.15, 0.2) is 18.2 Å². The van der Waals surface area contributed by atoms with E-state index in [0.29, 0.717) is 12.0 Å². The molecule has 0 radical (unpaired) electrons. The monoisotopic (exact) mass is 269 g/mol. The Hall–Kier alpha value is -0.960. The van der Waals surface area contributed by atoms with Crippen molar-refractivity contribution < 1.29 is 8.78 Å². The fourth-order valence-electron chi connectivity index (χ4n) is 1.99. The first-order chi connectivity index (χ1) is 8.88. The molecule has 3 heteroatoms. The third kappa shape index (κ3) is 7.26. The zero-order chi connectivity index (χ0) is 14.3. The molecule has 0 spiro atoms. The summed E-state index contributed by atoms with van der Waals surface area (Å²) in [5, 5.41) is 3.44. The van der Waals surface area contributed by atoms with Crippen LogP contribution in [0.2, 0.25) is 0 Å². The Bertz CT molecular complexity index is 383. The van der Waals surface area contributed by atoms with Gasteiger partial charge in [0, 0.05) is 5.54 Å². The molecule has 0 aromatic heterocycles. The Balaban J connectivity index is 2.12. The molecular formula is C16H25F2N. The number of nitrogens with one attached hydrogen (secondary N) is 1. The summed E-state index contributed by atoms with van der Waals surface area (Å²) in [6.45, 7) is 7.47. The van der Waals surface area contributed by atoms with Crippen molar-refractivity contribution in [2.75, 3.05) is 6.54 Å². The first-order valence-corrected chi connectivity index (χ1v) is 7.07. The Labute approximate surface area is 115 Å². The lowest BCUT2D eigenvalue weighted by Gasteiger charge is -2.20. The molecule has 0 atom stereocenters. The molecule has 1 aromatic carbocycles. The second-order valence-corrected chi connectivity index (χ2v) is 6.08. The van der Waals surface area contributed by atoms with Crippen LogP contribution in [0.3, 0.4) is 0 Å². The van der Waals surface area contributed by atoms with E-state index in [0.717, 1.165) is 38.3 Å². The van der Waals surface area contributed by atoms with Gasteiger partial charge in [-0.3, -0.25) is 0 Å².